The second kappa shape index (κ2) is 9.01. The number of hydrogen-bond acceptors (Lipinski definition) is 4. The summed E-state index contributed by atoms with van der Waals surface area (Å²) in [6.45, 7) is 5.63. The molecule has 0 fully saturated rings. The average Bonchev–Trinajstić information content (AvgIpc) is 2.60. The molecule has 2 aromatic carbocycles. The predicted molar refractivity (Wildman–Crippen MR) is 105 cm³/mol. The van der Waals surface area contributed by atoms with Crippen molar-refractivity contribution in [3.05, 3.63) is 65.7 Å². The number of esters is 1. The van der Waals surface area contributed by atoms with E-state index in [9.17, 15) is 17.8 Å². The van der Waals surface area contributed by atoms with Gasteiger partial charge < -0.3 is 4.74 Å². The molecule has 0 bridgehead atoms. The summed E-state index contributed by atoms with van der Waals surface area (Å²) in [5.74, 6) is -0.695. The molecule has 0 aliphatic carbocycles. The summed E-state index contributed by atoms with van der Waals surface area (Å²) >= 11 is 0. The summed E-state index contributed by atoms with van der Waals surface area (Å²) in [7, 11) is -4.67. The van der Waals surface area contributed by atoms with Crippen LogP contribution in [0.3, 0.4) is 0 Å². The van der Waals surface area contributed by atoms with Gasteiger partial charge in [-0.1, -0.05) is 61.9 Å². The fourth-order valence-electron chi connectivity index (χ4n) is 2.72. The molecule has 0 aliphatic rings. The van der Waals surface area contributed by atoms with Crippen molar-refractivity contribution in [2.24, 2.45) is 5.92 Å². The van der Waals surface area contributed by atoms with Crippen LogP contribution in [0.2, 0.25) is 0 Å². The van der Waals surface area contributed by atoms with E-state index >= 15 is 0 Å². The topological polar surface area (TPSA) is 83.9 Å². The van der Waals surface area contributed by atoms with Gasteiger partial charge in [0.25, 0.3) is 0 Å². The molecule has 2 rings (SSSR count). The first-order valence-electron chi connectivity index (χ1n) is 8.72. The van der Waals surface area contributed by atoms with Crippen molar-refractivity contribution in [2.45, 2.75) is 39.8 Å². The Hall–Kier alpha value is -2.38. The highest BCUT2D eigenvalue weighted by Gasteiger charge is 2.35. The Labute approximate surface area is 160 Å². The minimum atomic E-state index is -4.67. The SMILES string of the molecule is Cc1ccc(N(C(CC(C)C)C(=O)OCc2ccccc2)S(=O)(=O)O)cc1. The maximum Gasteiger partial charge on any atom is 0.360 e. The second-order valence-electron chi connectivity index (χ2n) is 6.85. The zero-order chi connectivity index (χ0) is 20.0. The molecule has 27 heavy (non-hydrogen) atoms. The van der Waals surface area contributed by atoms with E-state index in [1.54, 1.807) is 24.3 Å². The van der Waals surface area contributed by atoms with Gasteiger partial charge in [0.05, 0.1) is 5.69 Å². The van der Waals surface area contributed by atoms with Crippen molar-refractivity contribution in [2.75, 3.05) is 4.31 Å². The molecule has 0 saturated carbocycles. The zero-order valence-corrected chi connectivity index (χ0v) is 16.5. The zero-order valence-electron chi connectivity index (χ0n) is 15.7. The van der Waals surface area contributed by atoms with Crippen molar-refractivity contribution in [1.82, 2.24) is 0 Å². The number of aryl methyl sites for hydroxylation is 1. The third kappa shape index (κ3) is 6.08. The van der Waals surface area contributed by atoms with Gasteiger partial charge in [-0.3, -0.25) is 4.55 Å². The van der Waals surface area contributed by atoms with Gasteiger partial charge in [0, 0.05) is 0 Å². The van der Waals surface area contributed by atoms with Gasteiger partial charge in [-0.05, 0) is 37.0 Å². The molecule has 0 saturated heterocycles. The second-order valence-corrected chi connectivity index (χ2v) is 8.14. The Kier molecular flexibility index (Phi) is 6.98. The van der Waals surface area contributed by atoms with E-state index in [0.717, 1.165) is 15.4 Å². The van der Waals surface area contributed by atoms with Gasteiger partial charge in [-0.2, -0.15) is 8.42 Å². The summed E-state index contributed by atoms with van der Waals surface area (Å²) in [5, 5.41) is 0. The highest BCUT2D eigenvalue weighted by Crippen LogP contribution is 2.25. The first kappa shape index (κ1) is 20.9. The molecule has 0 radical (unpaired) electrons. The number of rotatable bonds is 8. The molecular formula is C20H25NO5S. The minimum Gasteiger partial charge on any atom is -0.459 e. The lowest BCUT2D eigenvalue weighted by atomic mass is 10.0. The molecule has 1 N–H and O–H groups in total. The molecule has 0 heterocycles. The third-order valence-electron chi connectivity index (χ3n) is 4.01. The highest BCUT2D eigenvalue weighted by atomic mass is 32.2. The van der Waals surface area contributed by atoms with E-state index in [1.165, 1.54) is 0 Å². The molecule has 0 spiro atoms. The summed E-state index contributed by atoms with van der Waals surface area (Å²) in [6, 6.07) is 14.5. The van der Waals surface area contributed by atoms with E-state index in [4.69, 9.17) is 4.74 Å². The van der Waals surface area contributed by atoms with Crippen LogP contribution < -0.4 is 4.31 Å². The monoisotopic (exact) mass is 391 g/mol. The van der Waals surface area contributed by atoms with Crippen LogP contribution in [0.1, 0.15) is 31.4 Å². The lowest BCUT2D eigenvalue weighted by Gasteiger charge is -2.30. The van der Waals surface area contributed by atoms with Gasteiger partial charge in [0.15, 0.2) is 0 Å². The first-order chi connectivity index (χ1) is 12.7. The van der Waals surface area contributed by atoms with Crippen LogP contribution in [0.25, 0.3) is 0 Å². The molecule has 0 amide bonds. The predicted octanol–water partition coefficient (Wildman–Crippen LogP) is 3.76. The number of hydrogen-bond donors (Lipinski definition) is 1. The Balaban J connectivity index is 2.32. The van der Waals surface area contributed by atoms with E-state index < -0.39 is 22.3 Å². The molecule has 7 heteroatoms. The Morgan fingerprint density at radius 1 is 1.07 bits per heavy atom. The molecular weight excluding hydrogens is 366 g/mol. The van der Waals surface area contributed by atoms with E-state index in [0.29, 0.717) is 0 Å². The number of benzene rings is 2. The molecule has 0 aromatic heterocycles. The lowest BCUT2D eigenvalue weighted by Crippen LogP contribution is -2.46. The average molecular weight is 391 g/mol. The summed E-state index contributed by atoms with van der Waals surface area (Å²) in [5.41, 5.74) is 1.94. The Morgan fingerprint density at radius 3 is 2.19 bits per heavy atom. The maximum atomic E-state index is 12.7. The van der Waals surface area contributed by atoms with Gasteiger partial charge in [0.2, 0.25) is 0 Å². The highest BCUT2D eigenvalue weighted by molar-refractivity contribution is 7.87. The fourth-order valence-corrected chi connectivity index (χ4v) is 3.61. The van der Waals surface area contributed by atoms with Crippen LogP contribution in [0, 0.1) is 12.8 Å². The van der Waals surface area contributed by atoms with Crippen LogP contribution in [-0.4, -0.2) is 25.0 Å². The number of carbonyl (C=O) groups is 1. The van der Waals surface area contributed by atoms with Gasteiger partial charge >= 0.3 is 16.3 Å². The fraction of sp³-hybridized carbons (Fsp3) is 0.350. The molecule has 146 valence electrons. The lowest BCUT2D eigenvalue weighted by molar-refractivity contribution is -0.146. The summed E-state index contributed by atoms with van der Waals surface area (Å²) < 4.78 is 40.1. The molecule has 2 aromatic rings. The van der Waals surface area contributed by atoms with Gasteiger partial charge in [0.1, 0.15) is 12.6 Å². The number of nitrogens with zero attached hydrogens (tertiary/aromatic N) is 1. The standard InChI is InChI=1S/C20H25NO5S/c1-15(2)13-19(20(22)26-14-17-7-5-4-6-8-17)21(27(23,24)25)18-11-9-16(3)10-12-18/h4-12,15,19H,13-14H2,1-3H3,(H,23,24,25). The van der Waals surface area contributed by atoms with Crippen molar-refractivity contribution in [3.8, 4) is 0 Å². The summed E-state index contributed by atoms with van der Waals surface area (Å²) in [4.78, 5) is 12.7. The van der Waals surface area contributed by atoms with Crippen molar-refractivity contribution in [1.29, 1.82) is 0 Å². The minimum absolute atomic E-state index is 0.00831. The third-order valence-corrected chi connectivity index (χ3v) is 4.97. The molecule has 1 unspecified atom stereocenters. The van der Waals surface area contributed by atoms with E-state index in [-0.39, 0.29) is 24.6 Å². The Bertz CT molecular complexity index is 848. The first-order valence-corrected chi connectivity index (χ1v) is 10.1. The van der Waals surface area contributed by atoms with E-state index in [1.807, 2.05) is 51.1 Å². The van der Waals surface area contributed by atoms with Crippen LogP contribution in [0.5, 0.6) is 0 Å². The van der Waals surface area contributed by atoms with Crippen LogP contribution in [-0.2, 0) is 26.4 Å². The van der Waals surface area contributed by atoms with Crippen LogP contribution in [0.4, 0.5) is 5.69 Å². The molecule has 6 nitrogen and oxygen atoms in total. The summed E-state index contributed by atoms with van der Waals surface area (Å²) in [6.07, 6.45) is 0.210. The van der Waals surface area contributed by atoms with Crippen molar-refractivity contribution in [3.63, 3.8) is 0 Å². The van der Waals surface area contributed by atoms with Gasteiger partial charge in [-0.25, -0.2) is 9.10 Å². The van der Waals surface area contributed by atoms with Crippen molar-refractivity contribution < 1.29 is 22.5 Å². The quantitative estimate of drug-likeness (QED) is 0.547. The molecule has 0 aliphatic heterocycles. The smallest absolute Gasteiger partial charge is 0.360 e. The Morgan fingerprint density at radius 2 is 1.67 bits per heavy atom. The van der Waals surface area contributed by atoms with Gasteiger partial charge in [-0.15, -0.1) is 0 Å². The van der Waals surface area contributed by atoms with Crippen LogP contribution >= 0.6 is 0 Å². The van der Waals surface area contributed by atoms with E-state index in [2.05, 4.69) is 0 Å². The normalized spacial score (nSPS) is 12.6. The number of carbonyl (C=O) groups excluding carboxylic acids is 1. The number of ether oxygens (including phenoxy) is 1. The maximum absolute atomic E-state index is 12.7. The largest absolute Gasteiger partial charge is 0.459 e. The number of anilines is 1. The van der Waals surface area contributed by atoms with Crippen LogP contribution in [0.15, 0.2) is 54.6 Å². The van der Waals surface area contributed by atoms with Crippen molar-refractivity contribution >= 4 is 22.0 Å². The molecule has 1 atom stereocenters.